The first-order valence-corrected chi connectivity index (χ1v) is 14.1. The fraction of sp³-hybridized carbons (Fsp3) is 0.407. The number of nitrogens with two attached hydrogens (primary N) is 1. The molecule has 1 aliphatic carbocycles. The molecule has 1 saturated carbocycles. The minimum absolute atomic E-state index is 0.000384. The van der Waals surface area contributed by atoms with E-state index in [0.717, 1.165) is 66.4 Å². The normalized spacial score (nSPS) is 21.9. The van der Waals surface area contributed by atoms with Gasteiger partial charge in [0.1, 0.15) is 0 Å². The third kappa shape index (κ3) is 4.35. The van der Waals surface area contributed by atoms with Crippen LogP contribution in [0.2, 0.25) is 0 Å². The molecule has 0 bridgehead atoms. The van der Waals surface area contributed by atoms with Gasteiger partial charge in [0.2, 0.25) is 15.9 Å². The molecule has 7 nitrogen and oxygen atoms in total. The van der Waals surface area contributed by atoms with Gasteiger partial charge in [-0.2, -0.15) is 0 Å². The number of nitrogens with zero attached hydrogens (tertiary/aromatic N) is 2. The summed E-state index contributed by atoms with van der Waals surface area (Å²) in [4.78, 5) is 17.8. The summed E-state index contributed by atoms with van der Waals surface area (Å²) in [7, 11) is -3.35. The Kier molecular flexibility index (Phi) is 5.95. The van der Waals surface area contributed by atoms with Gasteiger partial charge in [0.25, 0.3) is 0 Å². The molecule has 3 N–H and O–H groups in total. The molecule has 1 amide bonds. The van der Waals surface area contributed by atoms with E-state index >= 15 is 0 Å². The molecule has 0 atom stereocenters. The van der Waals surface area contributed by atoms with Crippen LogP contribution in [0.5, 0.6) is 0 Å². The van der Waals surface area contributed by atoms with Crippen LogP contribution in [-0.2, 0) is 26.7 Å². The lowest BCUT2D eigenvalue weighted by Gasteiger charge is -2.37. The molecule has 2 heterocycles. The fourth-order valence-corrected chi connectivity index (χ4v) is 6.75. The maximum Gasteiger partial charge on any atom is 0.232 e. The number of carbonyl (C=O) groups excluding carboxylic acids is 1. The molecule has 1 aromatic heterocycles. The van der Waals surface area contributed by atoms with Crippen LogP contribution in [0, 0.1) is 5.92 Å². The number of amides is 1. The first kappa shape index (κ1) is 23.6. The minimum atomic E-state index is -3.35. The van der Waals surface area contributed by atoms with Gasteiger partial charge in [-0.05, 0) is 68.0 Å². The standard InChI is InChI=1S/C27H32N4O3S/c1-3-6-19-16-23(28)21-15-20(9-10-24(21)29-19)30-26(32)18-11-13-27(14-12-18)17-31(35(2,33)34)25-8-5-4-7-22(25)27/h4-5,7-10,15-16,18H,3,6,11-14,17H2,1-2H3,(H2,28,29)(H,30,32). The zero-order valence-electron chi connectivity index (χ0n) is 20.3. The van der Waals surface area contributed by atoms with E-state index in [1.807, 2.05) is 48.5 Å². The maximum absolute atomic E-state index is 13.1. The first-order valence-electron chi connectivity index (χ1n) is 12.3. The summed E-state index contributed by atoms with van der Waals surface area (Å²) in [6.07, 6.45) is 6.15. The summed E-state index contributed by atoms with van der Waals surface area (Å²) in [5.74, 6) is -0.113. The van der Waals surface area contributed by atoms with Gasteiger partial charge >= 0.3 is 0 Å². The zero-order valence-corrected chi connectivity index (χ0v) is 21.1. The van der Waals surface area contributed by atoms with Gasteiger partial charge in [-0.1, -0.05) is 31.5 Å². The number of para-hydroxylation sites is 1. The second kappa shape index (κ2) is 8.82. The van der Waals surface area contributed by atoms with E-state index in [4.69, 9.17) is 5.73 Å². The zero-order chi connectivity index (χ0) is 24.8. The van der Waals surface area contributed by atoms with Crippen molar-refractivity contribution in [3.63, 3.8) is 0 Å². The topological polar surface area (TPSA) is 105 Å². The van der Waals surface area contributed by atoms with E-state index in [0.29, 0.717) is 17.9 Å². The highest BCUT2D eigenvalue weighted by atomic mass is 32.2. The van der Waals surface area contributed by atoms with Gasteiger partial charge in [0.15, 0.2) is 0 Å². The third-order valence-corrected chi connectivity index (χ3v) is 8.70. The maximum atomic E-state index is 13.1. The highest BCUT2D eigenvalue weighted by molar-refractivity contribution is 7.92. The monoisotopic (exact) mass is 492 g/mol. The third-order valence-electron chi connectivity index (χ3n) is 7.57. The predicted molar refractivity (Wildman–Crippen MR) is 141 cm³/mol. The summed E-state index contributed by atoms with van der Waals surface area (Å²) in [6.45, 7) is 2.57. The number of fused-ring (bicyclic) bond motifs is 3. The summed E-state index contributed by atoms with van der Waals surface area (Å²) >= 11 is 0. The summed E-state index contributed by atoms with van der Waals surface area (Å²) < 4.78 is 26.4. The average molecular weight is 493 g/mol. The van der Waals surface area contributed by atoms with E-state index in [1.165, 1.54) is 10.6 Å². The lowest BCUT2D eigenvalue weighted by Crippen LogP contribution is -2.40. The smallest absolute Gasteiger partial charge is 0.232 e. The van der Waals surface area contributed by atoms with E-state index in [2.05, 4.69) is 17.2 Å². The SMILES string of the molecule is CCCc1cc(N)c2cc(NC(=O)C3CCC4(CC3)CN(S(C)(=O)=O)c3ccccc34)ccc2n1. The van der Waals surface area contributed by atoms with Crippen LogP contribution < -0.4 is 15.4 Å². The number of carbonyl (C=O) groups is 1. The van der Waals surface area contributed by atoms with Crippen LogP contribution in [0.1, 0.15) is 50.3 Å². The molecule has 2 aliphatic rings. The Morgan fingerprint density at radius 1 is 1.17 bits per heavy atom. The molecule has 0 unspecified atom stereocenters. The van der Waals surface area contributed by atoms with Crippen LogP contribution in [0.4, 0.5) is 17.1 Å². The van der Waals surface area contributed by atoms with Crippen molar-refractivity contribution < 1.29 is 13.2 Å². The number of aryl methyl sites for hydroxylation is 1. The largest absolute Gasteiger partial charge is 0.398 e. The number of hydrogen-bond acceptors (Lipinski definition) is 5. The molecule has 1 spiro atoms. The number of nitrogen functional groups attached to an aromatic ring is 1. The van der Waals surface area contributed by atoms with Crippen LogP contribution in [0.3, 0.4) is 0 Å². The van der Waals surface area contributed by atoms with E-state index in [9.17, 15) is 13.2 Å². The molecule has 5 rings (SSSR count). The van der Waals surface area contributed by atoms with Crippen molar-refractivity contribution in [2.24, 2.45) is 5.92 Å². The van der Waals surface area contributed by atoms with E-state index in [1.54, 1.807) is 0 Å². The lowest BCUT2D eigenvalue weighted by molar-refractivity contribution is -0.121. The van der Waals surface area contributed by atoms with Gasteiger partial charge < -0.3 is 11.1 Å². The molecule has 184 valence electrons. The summed E-state index contributed by atoms with van der Waals surface area (Å²) in [5, 5.41) is 3.91. The van der Waals surface area contributed by atoms with E-state index < -0.39 is 10.0 Å². The number of rotatable bonds is 5. The van der Waals surface area contributed by atoms with Gasteiger partial charge in [0, 0.05) is 40.3 Å². The molecule has 1 fully saturated rings. The number of benzene rings is 2. The van der Waals surface area contributed by atoms with E-state index in [-0.39, 0.29) is 17.2 Å². The van der Waals surface area contributed by atoms with Crippen molar-refractivity contribution in [2.45, 2.75) is 50.9 Å². The Labute approximate surface area is 206 Å². The molecule has 1 aliphatic heterocycles. The van der Waals surface area contributed by atoms with Gasteiger partial charge in [0.05, 0.1) is 17.5 Å². The van der Waals surface area contributed by atoms with Crippen molar-refractivity contribution in [1.29, 1.82) is 0 Å². The molecule has 0 saturated heterocycles. The number of sulfonamides is 1. The van der Waals surface area contributed by atoms with Crippen LogP contribution in [0.25, 0.3) is 10.9 Å². The van der Waals surface area contributed by atoms with Crippen molar-refractivity contribution in [3.05, 3.63) is 59.8 Å². The number of aromatic nitrogens is 1. The molecular weight excluding hydrogens is 460 g/mol. The second-order valence-electron chi connectivity index (χ2n) is 10.0. The summed E-state index contributed by atoms with van der Waals surface area (Å²) in [6, 6.07) is 15.4. The predicted octanol–water partition coefficient (Wildman–Crippen LogP) is 4.62. The molecule has 35 heavy (non-hydrogen) atoms. The molecule has 0 radical (unpaired) electrons. The van der Waals surface area contributed by atoms with Crippen molar-refractivity contribution in [1.82, 2.24) is 4.98 Å². The Morgan fingerprint density at radius 3 is 2.63 bits per heavy atom. The summed E-state index contributed by atoms with van der Waals surface area (Å²) in [5.41, 5.74) is 11.1. The Balaban J connectivity index is 1.30. The lowest BCUT2D eigenvalue weighted by atomic mass is 9.67. The quantitative estimate of drug-likeness (QED) is 0.541. The van der Waals surface area contributed by atoms with Crippen LogP contribution in [-0.4, -0.2) is 32.1 Å². The van der Waals surface area contributed by atoms with Crippen molar-refractivity contribution >= 4 is 43.9 Å². The molecular formula is C27H32N4O3S. The Morgan fingerprint density at radius 2 is 1.91 bits per heavy atom. The van der Waals surface area contributed by atoms with Gasteiger partial charge in [-0.15, -0.1) is 0 Å². The minimum Gasteiger partial charge on any atom is -0.398 e. The number of nitrogens with one attached hydrogen (secondary N) is 1. The highest BCUT2D eigenvalue weighted by Gasteiger charge is 2.47. The Hall–Kier alpha value is -3.13. The Bertz CT molecular complexity index is 1390. The van der Waals surface area contributed by atoms with Gasteiger partial charge in [-0.25, -0.2) is 8.42 Å². The highest BCUT2D eigenvalue weighted by Crippen LogP contribution is 2.51. The van der Waals surface area contributed by atoms with Crippen molar-refractivity contribution in [2.75, 3.05) is 28.2 Å². The molecule has 2 aromatic carbocycles. The van der Waals surface area contributed by atoms with Crippen LogP contribution in [0.15, 0.2) is 48.5 Å². The molecule has 3 aromatic rings. The number of anilines is 3. The number of pyridine rings is 1. The van der Waals surface area contributed by atoms with Gasteiger partial charge in [-0.3, -0.25) is 14.1 Å². The average Bonchev–Trinajstić information content (AvgIpc) is 3.15. The fourth-order valence-electron chi connectivity index (χ4n) is 5.76. The first-order chi connectivity index (χ1) is 16.7. The van der Waals surface area contributed by atoms with Crippen LogP contribution >= 0.6 is 0 Å². The number of hydrogen-bond donors (Lipinski definition) is 2. The molecule has 8 heteroatoms. The van der Waals surface area contributed by atoms with Crippen molar-refractivity contribution in [3.8, 4) is 0 Å². The second-order valence-corrected chi connectivity index (χ2v) is 11.9.